The number of hydrogen-bond acceptors (Lipinski definition) is 6. The van der Waals surface area contributed by atoms with Crippen LogP contribution in [0.4, 0.5) is 24.8 Å². The molecule has 3 rings (SSSR count). The molecule has 0 atom stereocenters. The fourth-order valence-electron chi connectivity index (χ4n) is 2.57. The summed E-state index contributed by atoms with van der Waals surface area (Å²) in [6, 6.07) is 5.55. The highest BCUT2D eigenvalue weighted by molar-refractivity contribution is 7.92. The number of hydrogen-bond donors (Lipinski definition) is 1. The van der Waals surface area contributed by atoms with Crippen molar-refractivity contribution >= 4 is 27.4 Å². The van der Waals surface area contributed by atoms with Gasteiger partial charge in [-0.1, -0.05) is 6.08 Å². The third-order valence-corrected chi connectivity index (χ3v) is 5.57. The van der Waals surface area contributed by atoms with Crippen LogP contribution in [0.5, 0.6) is 0 Å². The molecule has 1 aromatic carbocycles. The van der Waals surface area contributed by atoms with Crippen LogP contribution in [-0.4, -0.2) is 42.9 Å². The Morgan fingerprint density at radius 3 is 2.29 bits per heavy atom. The summed E-state index contributed by atoms with van der Waals surface area (Å²) in [5.41, 5.74) is -4.67. The van der Waals surface area contributed by atoms with Gasteiger partial charge >= 0.3 is 5.51 Å². The lowest BCUT2D eigenvalue weighted by atomic mass is 10.1. The second-order valence-electron chi connectivity index (χ2n) is 5.90. The van der Waals surface area contributed by atoms with E-state index in [0.29, 0.717) is 31.0 Å². The van der Waals surface area contributed by atoms with Crippen LogP contribution in [0.1, 0.15) is 6.42 Å². The zero-order valence-corrected chi connectivity index (χ0v) is 15.2. The summed E-state index contributed by atoms with van der Waals surface area (Å²) in [4.78, 5) is 21.6. The predicted molar refractivity (Wildman–Crippen MR) is 95.3 cm³/mol. The van der Waals surface area contributed by atoms with Gasteiger partial charge in [-0.15, -0.1) is 0 Å². The summed E-state index contributed by atoms with van der Waals surface area (Å²) in [7, 11) is -5.42. The molecule has 0 saturated carbocycles. The Bertz CT molecular complexity index is 991. The molecule has 0 saturated heterocycles. The number of carbonyl (C=O) groups is 1. The molecule has 28 heavy (non-hydrogen) atoms. The first kappa shape index (κ1) is 19.8. The monoisotopic (exact) mass is 412 g/mol. The smallest absolute Gasteiger partial charge is 0.337 e. The number of carbonyl (C=O) groups excluding carboxylic acids is 1. The van der Waals surface area contributed by atoms with Crippen molar-refractivity contribution in [3.63, 3.8) is 0 Å². The van der Waals surface area contributed by atoms with Crippen molar-refractivity contribution in [2.75, 3.05) is 23.3 Å². The second kappa shape index (κ2) is 7.58. The lowest BCUT2D eigenvalue weighted by Gasteiger charge is -2.25. The number of sulfone groups is 1. The molecule has 1 N–H and O–H groups in total. The maximum absolute atomic E-state index is 12.5. The second-order valence-corrected chi connectivity index (χ2v) is 7.84. The van der Waals surface area contributed by atoms with E-state index >= 15 is 0 Å². The van der Waals surface area contributed by atoms with Crippen molar-refractivity contribution in [1.82, 2.24) is 9.97 Å². The van der Waals surface area contributed by atoms with E-state index in [0.717, 1.165) is 24.3 Å². The molecular formula is C17H15F3N4O3S. The number of nitrogens with one attached hydrogen (secondary N) is 1. The van der Waals surface area contributed by atoms with Crippen LogP contribution in [0.15, 0.2) is 59.3 Å². The molecule has 0 unspecified atom stereocenters. The van der Waals surface area contributed by atoms with Crippen LogP contribution in [0.2, 0.25) is 0 Å². The normalized spacial score (nSPS) is 15.1. The highest BCUT2D eigenvalue weighted by Crippen LogP contribution is 2.30. The van der Waals surface area contributed by atoms with Gasteiger partial charge in [0.05, 0.1) is 4.90 Å². The van der Waals surface area contributed by atoms with Gasteiger partial charge in [-0.25, -0.2) is 18.4 Å². The first-order valence-corrected chi connectivity index (χ1v) is 9.60. The average Bonchev–Trinajstić information content (AvgIpc) is 2.68. The molecule has 2 aromatic rings. The number of rotatable bonds is 4. The summed E-state index contributed by atoms with van der Waals surface area (Å²) >= 11 is 0. The predicted octanol–water partition coefficient (Wildman–Crippen LogP) is 2.55. The van der Waals surface area contributed by atoms with Crippen LogP contribution < -0.4 is 10.2 Å². The molecule has 148 valence electrons. The van der Waals surface area contributed by atoms with Crippen molar-refractivity contribution in [2.45, 2.75) is 16.8 Å². The van der Waals surface area contributed by atoms with Crippen molar-refractivity contribution in [1.29, 1.82) is 0 Å². The van der Waals surface area contributed by atoms with Crippen LogP contribution in [0, 0.1) is 0 Å². The zero-order valence-electron chi connectivity index (χ0n) is 14.3. The van der Waals surface area contributed by atoms with Crippen LogP contribution in [0.25, 0.3) is 0 Å². The standard InChI is InChI=1S/C17H15F3N4O3S/c18-17(19,20)28(26,27)14-4-2-13(3-5-14)23-15(25)12-6-10-24(11-7-12)16-21-8-1-9-22-16/h1-6,8-9H,7,10-11H2,(H,23,25). The highest BCUT2D eigenvalue weighted by Gasteiger charge is 2.46. The molecule has 0 fully saturated rings. The summed E-state index contributed by atoms with van der Waals surface area (Å²) < 4.78 is 60.3. The van der Waals surface area contributed by atoms with Gasteiger partial charge in [0.15, 0.2) is 0 Å². The fourth-order valence-corrected chi connectivity index (χ4v) is 3.34. The Kier molecular flexibility index (Phi) is 5.36. The van der Waals surface area contributed by atoms with E-state index in [1.54, 1.807) is 24.5 Å². The van der Waals surface area contributed by atoms with Gasteiger partial charge in [-0.3, -0.25) is 4.79 Å². The van der Waals surface area contributed by atoms with Crippen LogP contribution in [-0.2, 0) is 14.6 Å². The zero-order chi connectivity index (χ0) is 20.4. The molecule has 11 heteroatoms. The summed E-state index contributed by atoms with van der Waals surface area (Å²) in [5.74, 6) is 0.153. The van der Waals surface area contributed by atoms with Gasteiger partial charge in [-0.2, -0.15) is 13.2 Å². The van der Waals surface area contributed by atoms with Gasteiger partial charge in [0, 0.05) is 36.7 Å². The number of benzene rings is 1. The van der Waals surface area contributed by atoms with E-state index < -0.39 is 26.1 Å². The van der Waals surface area contributed by atoms with Crippen molar-refractivity contribution in [3.05, 3.63) is 54.4 Å². The molecule has 1 amide bonds. The van der Waals surface area contributed by atoms with Gasteiger partial charge in [0.25, 0.3) is 15.7 Å². The van der Waals surface area contributed by atoms with Gasteiger partial charge in [0.2, 0.25) is 5.95 Å². The Balaban J connectivity index is 1.65. The molecule has 1 aliphatic heterocycles. The first-order valence-electron chi connectivity index (χ1n) is 8.12. The van der Waals surface area contributed by atoms with E-state index in [1.807, 2.05) is 4.90 Å². The minimum Gasteiger partial charge on any atom is -0.337 e. The first-order chi connectivity index (χ1) is 13.2. The highest BCUT2D eigenvalue weighted by atomic mass is 32.2. The van der Waals surface area contributed by atoms with E-state index in [-0.39, 0.29) is 5.69 Å². The van der Waals surface area contributed by atoms with E-state index in [9.17, 15) is 26.4 Å². The van der Waals surface area contributed by atoms with E-state index in [4.69, 9.17) is 0 Å². The third kappa shape index (κ3) is 4.14. The minimum atomic E-state index is -5.42. The summed E-state index contributed by atoms with van der Waals surface area (Å²) in [6.45, 7) is 0.974. The fraction of sp³-hybridized carbons (Fsp3) is 0.235. The topological polar surface area (TPSA) is 92.3 Å². The van der Waals surface area contributed by atoms with Crippen LogP contribution >= 0.6 is 0 Å². The Labute approximate surface area is 158 Å². The van der Waals surface area contributed by atoms with Crippen molar-refractivity contribution in [3.8, 4) is 0 Å². The van der Waals surface area contributed by atoms with Crippen molar-refractivity contribution in [2.24, 2.45) is 0 Å². The van der Waals surface area contributed by atoms with E-state index in [2.05, 4.69) is 15.3 Å². The number of halogens is 3. The molecule has 7 nitrogen and oxygen atoms in total. The molecule has 2 heterocycles. The molecular weight excluding hydrogens is 397 g/mol. The SMILES string of the molecule is O=C(Nc1ccc(S(=O)(=O)C(F)(F)F)cc1)C1=CCN(c2ncccn2)CC1. The van der Waals surface area contributed by atoms with Gasteiger partial charge in [0.1, 0.15) is 0 Å². The Morgan fingerprint density at radius 2 is 1.75 bits per heavy atom. The maximum atomic E-state index is 12.5. The maximum Gasteiger partial charge on any atom is 0.501 e. The van der Waals surface area contributed by atoms with Gasteiger partial charge < -0.3 is 10.2 Å². The number of anilines is 2. The lowest BCUT2D eigenvalue weighted by molar-refractivity contribution is -0.113. The molecule has 0 bridgehead atoms. The Morgan fingerprint density at radius 1 is 1.11 bits per heavy atom. The van der Waals surface area contributed by atoms with Crippen molar-refractivity contribution < 1.29 is 26.4 Å². The molecule has 1 aromatic heterocycles. The Hall–Kier alpha value is -2.95. The largest absolute Gasteiger partial charge is 0.501 e. The average molecular weight is 412 g/mol. The molecule has 0 aliphatic carbocycles. The quantitative estimate of drug-likeness (QED) is 0.830. The molecule has 0 spiro atoms. The van der Waals surface area contributed by atoms with E-state index in [1.165, 1.54) is 0 Å². The summed E-state index contributed by atoms with van der Waals surface area (Å²) in [6.07, 6.45) is 5.40. The molecule has 0 radical (unpaired) electrons. The molecule has 1 aliphatic rings. The minimum absolute atomic E-state index is 0.195. The van der Waals surface area contributed by atoms with Crippen LogP contribution in [0.3, 0.4) is 0 Å². The number of amides is 1. The third-order valence-electron chi connectivity index (χ3n) is 4.06. The summed E-state index contributed by atoms with van der Waals surface area (Å²) in [5, 5.41) is 2.55. The number of aromatic nitrogens is 2. The lowest BCUT2D eigenvalue weighted by Crippen LogP contribution is -2.32. The number of nitrogens with zero attached hydrogens (tertiary/aromatic N) is 3. The van der Waals surface area contributed by atoms with Gasteiger partial charge in [-0.05, 0) is 36.8 Å². The number of alkyl halides is 3.